The number of anilines is 1. The standard InChI is InChI=1S/C21H29NO2/c1-5-18(24-19-10-8-9-17(4)13-19)14-22-20-11-6-7-12-21(20)23-15-16(2)3/h6-13,16,18,22H,5,14-15H2,1-4H3. The van der Waals surface area contributed by atoms with Crippen molar-refractivity contribution in [3.8, 4) is 11.5 Å². The van der Waals surface area contributed by atoms with Crippen molar-refractivity contribution < 1.29 is 9.47 Å². The van der Waals surface area contributed by atoms with Crippen molar-refractivity contribution >= 4 is 5.69 Å². The monoisotopic (exact) mass is 327 g/mol. The average Bonchev–Trinajstić information content (AvgIpc) is 2.57. The van der Waals surface area contributed by atoms with Gasteiger partial charge in [-0.05, 0) is 49.1 Å². The molecule has 0 aliphatic heterocycles. The molecule has 1 N–H and O–H groups in total. The lowest BCUT2D eigenvalue weighted by Gasteiger charge is -2.20. The van der Waals surface area contributed by atoms with E-state index in [-0.39, 0.29) is 6.10 Å². The van der Waals surface area contributed by atoms with Crippen molar-refractivity contribution in [1.29, 1.82) is 0 Å². The molecule has 2 rings (SSSR count). The predicted octanol–water partition coefficient (Wildman–Crippen LogP) is 5.30. The zero-order valence-corrected chi connectivity index (χ0v) is 15.2. The Bertz CT molecular complexity index is 625. The van der Waals surface area contributed by atoms with Crippen molar-refractivity contribution in [1.82, 2.24) is 0 Å². The third kappa shape index (κ3) is 5.80. The summed E-state index contributed by atoms with van der Waals surface area (Å²) in [6.45, 7) is 9.98. The van der Waals surface area contributed by atoms with Crippen LogP contribution in [0.15, 0.2) is 48.5 Å². The molecule has 1 atom stereocenters. The third-order valence-corrected chi connectivity index (χ3v) is 3.73. The minimum Gasteiger partial charge on any atom is -0.491 e. The van der Waals surface area contributed by atoms with E-state index in [1.165, 1.54) is 5.56 Å². The van der Waals surface area contributed by atoms with Crippen LogP contribution in [0.25, 0.3) is 0 Å². The van der Waals surface area contributed by atoms with Crippen molar-refractivity contribution in [2.75, 3.05) is 18.5 Å². The summed E-state index contributed by atoms with van der Waals surface area (Å²) in [6.07, 6.45) is 1.06. The second-order valence-corrected chi connectivity index (χ2v) is 6.55. The first-order chi connectivity index (χ1) is 11.6. The lowest BCUT2D eigenvalue weighted by molar-refractivity contribution is 0.209. The van der Waals surface area contributed by atoms with E-state index in [1.807, 2.05) is 30.3 Å². The largest absolute Gasteiger partial charge is 0.491 e. The minimum atomic E-state index is 0.116. The molecular weight excluding hydrogens is 298 g/mol. The number of hydrogen-bond acceptors (Lipinski definition) is 3. The van der Waals surface area contributed by atoms with Crippen LogP contribution >= 0.6 is 0 Å². The Kier molecular flexibility index (Phi) is 6.98. The molecule has 0 aliphatic carbocycles. The van der Waals surface area contributed by atoms with E-state index in [4.69, 9.17) is 9.47 Å². The predicted molar refractivity (Wildman–Crippen MR) is 101 cm³/mol. The number of hydrogen-bond donors (Lipinski definition) is 1. The molecule has 1 unspecified atom stereocenters. The molecule has 0 saturated heterocycles. The van der Waals surface area contributed by atoms with Crippen LogP contribution in [-0.2, 0) is 0 Å². The molecule has 2 aromatic carbocycles. The molecule has 0 radical (unpaired) electrons. The van der Waals surface area contributed by atoms with Crippen LogP contribution < -0.4 is 14.8 Å². The minimum absolute atomic E-state index is 0.116. The molecule has 0 heterocycles. The fraction of sp³-hybridized carbons (Fsp3) is 0.429. The van der Waals surface area contributed by atoms with Crippen LogP contribution in [0.4, 0.5) is 5.69 Å². The number of para-hydroxylation sites is 2. The highest BCUT2D eigenvalue weighted by Crippen LogP contribution is 2.25. The van der Waals surface area contributed by atoms with E-state index in [0.717, 1.165) is 36.8 Å². The smallest absolute Gasteiger partial charge is 0.142 e. The number of nitrogens with one attached hydrogen (secondary N) is 1. The quantitative estimate of drug-likeness (QED) is 0.678. The van der Waals surface area contributed by atoms with Gasteiger partial charge in [-0.1, -0.05) is 45.0 Å². The van der Waals surface area contributed by atoms with Gasteiger partial charge >= 0.3 is 0 Å². The van der Waals surface area contributed by atoms with Crippen LogP contribution in [0.2, 0.25) is 0 Å². The summed E-state index contributed by atoms with van der Waals surface area (Å²) in [5, 5.41) is 3.47. The van der Waals surface area contributed by atoms with E-state index in [2.05, 4.69) is 51.2 Å². The molecule has 3 heteroatoms. The van der Waals surface area contributed by atoms with Gasteiger partial charge in [-0.3, -0.25) is 0 Å². The number of ether oxygens (including phenoxy) is 2. The Hall–Kier alpha value is -2.16. The number of rotatable bonds is 9. The van der Waals surface area contributed by atoms with Crippen LogP contribution in [0, 0.1) is 12.8 Å². The molecule has 0 saturated carbocycles. The fourth-order valence-corrected chi connectivity index (χ4v) is 2.37. The summed E-state index contributed by atoms with van der Waals surface area (Å²) >= 11 is 0. The Labute approximate surface area is 146 Å². The van der Waals surface area contributed by atoms with Crippen molar-refractivity contribution in [3.63, 3.8) is 0 Å². The lowest BCUT2D eigenvalue weighted by atomic mass is 10.2. The highest BCUT2D eigenvalue weighted by Gasteiger charge is 2.10. The van der Waals surface area contributed by atoms with Gasteiger partial charge in [0, 0.05) is 0 Å². The van der Waals surface area contributed by atoms with Gasteiger partial charge in [0.2, 0.25) is 0 Å². The Balaban J connectivity index is 1.95. The van der Waals surface area contributed by atoms with Crippen LogP contribution in [-0.4, -0.2) is 19.3 Å². The second kappa shape index (κ2) is 9.21. The topological polar surface area (TPSA) is 30.5 Å². The maximum atomic E-state index is 6.10. The van der Waals surface area contributed by atoms with E-state index >= 15 is 0 Å². The SMILES string of the molecule is CCC(CNc1ccccc1OCC(C)C)Oc1cccc(C)c1. The molecule has 2 aromatic rings. The molecule has 24 heavy (non-hydrogen) atoms. The summed E-state index contributed by atoms with van der Waals surface area (Å²) in [6, 6.07) is 16.3. The summed E-state index contributed by atoms with van der Waals surface area (Å²) in [5.74, 6) is 2.33. The molecular formula is C21H29NO2. The van der Waals surface area contributed by atoms with Crippen LogP contribution in [0.5, 0.6) is 11.5 Å². The maximum absolute atomic E-state index is 6.10. The summed E-state index contributed by atoms with van der Waals surface area (Å²) in [7, 11) is 0. The van der Waals surface area contributed by atoms with Gasteiger partial charge < -0.3 is 14.8 Å². The van der Waals surface area contributed by atoms with Crippen LogP contribution in [0.1, 0.15) is 32.8 Å². The highest BCUT2D eigenvalue weighted by molar-refractivity contribution is 5.56. The molecule has 0 fully saturated rings. The van der Waals surface area contributed by atoms with Gasteiger partial charge in [-0.25, -0.2) is 0 Å². The Morgan fingerprint density at radius 3 is 2.54 bits per heavy atom. The first-order valence-electron chi connectivity index (χ1n) is 8.77. The normalized spacial score (nSPS) is 12.0. The zero-order valence-electron chi connectivity index (χ0n) is 15.2. The van der Waals surface area contributed by atoms with Gasteiger partial charge in [-0.15, -0.1) is 0 Å². The number of aryl methyl sites for hydroxylation is 1. The fourth-order valence-electron chi connectivity index (χ4n) is 2.37. The van der Waals surface area contributed by atoms with Crippen molar-refractivity contribution in [2.45, 2.75) is 40.2 Å². The molecule has 0 aliphatic rings. The lowest BCUT2D eigenvalue weighted by Crippen LogP contribution is -2.25. The molecule has 0 aromatic heterocycles. The van der Waals surface area contributed by atoms with Gasteiger partial charge in [0.05, 0.1) is 18.8 Å². The molecule has 0 bridgehead atoms. The summed E-state index contributed by atoms with van der Waals surface area (Å²) in [5.41, 5.74) is 2.23. The molecule has 0 spiro atoms. The Morgan fingerprint density at radius 2 is 1.83 bits per heavy atom. The first kappa shape index (κ1) is 18.2. The van der Waals surface area contributed by atoms with Gasteiger partial charge in [0.1, 0.15) is 17.6 Å². The average molecular weight is 327 g/mol. The van der Waals surface area contributed by atoms with Gasteiger partial charge in [0.15, 0.2) is 0 Å². The van der Waals surface area contributed by atoms with E-state index < -0.39 is 0 Å². The second-order valence-electron chi connectivity index (χ2n) is 6.55. The third-order valence-electron chi connectivity index (χ3n) is 3.73. The maximum Gasteiger partial charge on any atom is 0.142 e. The summed E-state index contributed by atoms with van der Waals surface area (Å²) in [4.78, 5) is 0. The highest BCUT2D eigenvalue weighted by atomic mass is 16.5. The first-order valence-corrected chi connectivity index (χ1v) is 8.77. The Morgan fingerprint density at radius 1 is 1.04 bits per heavy atom. The van der Waals surface area contributed by atoms with Crippen LogP contribution in [0.3, 0.4) is 0 Å². The molecule has 3 nitrogen and oxygen atoms in total. The summed E-state index contributed by atoms with van der Waals surface area (Å²) < 4.78 is 12.0. The van der Waals surface area contributed by atoms with E-state index in [0.29, 0.717) is 5.92 Å². The number of benzene rings is 2. The van der Waals surface area contributed by atoms with Gasteiger partial charge in [0.25, 0.3) is 0 Å². The molecule has 130 valence electrons. The van der Waals surface area contributed by atoms with Crippen molar-refractivity contribution in [2.24, 2.45) is 5.92 Å². The zero-order chi connectivity index (χ0) is 17.4. The van der Waals surface area contributed by atoms with Gasteiger partial charge in [-0.2, -0.15) is 0 Å². The van der Waals surface area contributed by atoms with E-state index in [9.17, 15) is 0 Å². The van der Waals surface area contributed by atoms with E-state index in [1.54, 1.807) is 0 Å². The molecule has 0 amide bonds. The van der Waals surface area contributed by atoms with Crippen molar-refractivity contribution in [3.05, 3.63) is 54.1 Å².